The number of nitrogens with one attached hydrogen (secondary N) is 3. The quantitative estimate of drug-likeness (QED) is 0.0351. The molecule has 2 fully saturated rings. The lowest BCUT2D eigenvalue weighted by Gasteiger charge is -2.36. The van der Waals surface area contributed by atoms with Crippen molar-refractivity contribution in [1.29, 1.82) is 0 Å². The van der Waals surface area contributed by atoms with Gasteiger partial charge in [-0.3, -0.25) is 9.69 Å². The Bertz CT molecular complexity index is 2710. The summed E-state index contributed by atoms with van der Waals surface area (Å²) in [7, 11) is -11.0. The summed E-state index contributed by atoms with van der Waals surface area (Å²) in [6.07, 6.45) is 3.45. The number of aliphatic hydroxyl groups is 2. The number of benzene rings is 5. The molecule has 0 aliphatic carbocycles. The van der Waals surface area contributed by atoms with E-state index in [1.165, 1.54) is 23.9 Å². The van der Waals surface area contributed by atoms with Crippen molar-refractivity contribution in [1.82, 2.24) is 14.9 Å². The van der Waals surface area contributed by atoms with Crippen molar-refractivity contribution < 1.29 is 45.0 Å². The molecule has 5 aromatic carbocycles. The Morgan fingerprint density at radius 1 is 0.841 bits per heavy atom. The molecule has 1 amide bonds. The van der Waals surface area contributed by atoms with Crippen molar-refractivity contribution in [3.63, 3.8) is 0 Å². The van der Waals surface area contributed by atoms with Crippen LogP contribution in [0.25, 0.3) is 11.1 Å². The Hall–Kier alpha value is -4.66. The molecule has 5 N–H and O–H groups in total. The normalized spacial score (nSPS) is 17.1. The number of piperidine rings is 1. The monoisotopic (exact) mass is 1030 g/mol. The molecule has 69 heavy (non-hydrogen) atoms. The van der Waals surface area contributed by atoms with Crippen LogP contribution in [-0.2, 0) is 19.9 Å². The highest BCUT2D eigenvalue weighted by Crippen LogP contribution is 2.39. The lowest BCUT2D eigenvalue weighted by molar-refractivity contribution is -0.0435. The molecule has 2 heterocycles. The highest BCUT2D eigenvalue weighted by Gasteiger charge is 2.48. The van der Waals surface area contributed by atoms with E-state index >= 15 is 0 Å². The SMILES string of the molecule is O=C(NS(=O)(=O)c1ccc(N[C@@H](CSc2ccccc2)C[C@@H]2CCCN2CCNCCCO)c(S(=O)(=O)C(F)(F)F)c1)c1ccc(N2CCC([C@@H](O)c3ccccc3-c3ccc(Cl)cc3)CC2)cc1. The zero-order chi connectivity index (χ0) is 49.2. The Morgan fingerprint density at radius 2 is 1.54 bits per heavy atom. The van der Waals surface area contributed by atoms with Crippen LogP contribution in [-0.4, -0.2) is 107 Å². The van der Waals surface area contributed by atoms with Gasteiger partial charge in [0.15, 0.2) is 0 Å². The first-order chi connectivity index (χ1) is 33.0. The fraction of sp³-hybridized carbons (Fsp3) is 0.380. The van der Waals surface area contributed by atoms with Gasteiger partial charge in [0.2, 0.25) is 0 Å². The number of halogens is 4. The summed E-state index contributed by atoms with van der Waals surface area (Å²) in [5.41, 5.74) is -2.76. The largest absolute Gasteiger partial charge is 0.501 e. The number of likely N-dealkylation sites (tertiary alicyclic amines) is 1. The number of alkyl halides is 3. The van der Waals surface area contributed by atoms with Crippen LogP contribution in [0.5, 0.6) is 0 Å². The van der Waals surface area contributed by atoms with Gasteiger partial charge in [-0.2, -0.15) is 13.2 Å². The van der Waals surface area contributed by atoms with Crippen LogP contribution in [0.15, 0.2) is 136 Å². The van der Waals surface area contributed by atoms with Crippen LogP contribution < -0.4 is 20.3 Å². The summed E-state index contributed by atoms with van der Waals surface area (Å²) >= 11 is 7.56. The Morgan fingerprint density at radius 3 is 2.23 bits per heavy atom. The van der Waals surface area contributed by atoms with E-state index in [1.807, 2.05) is 83.6 Å². The minimum absolute atomic E-state index is 0.0221. The molecule has 12 nitrogen and oxygen atoms in total. The molecule has 3 atom stereocenters. The third-order valence-corrected chi connectivity index (χ3v) is 17.0. The first-order valence-electron chi connectivity index (χ1n) is 22.9. The van der Waals surface area contributed by atoms with E-state index in [0.717, 1.165) is 58.8 Å². The zero-order valence-electron chi connectivity index (χ0n) is 37.8. The third-order valence-electron chi connectivity index (χ3n) is 12.7. The smallest absolute Gasteiger partial charge is 0.396 e. The van der Waals surface area contributed by atoms with Crippen LogP contribution in [0.3, 0.4) is 0 Å². The number of sulfonamides is 1. The van der Waals surface area contributed by atoms with Crippen molar-refractivity contribution in [2.75, 3.05) is 61.8 Å². The fourth-order valence-electron chi connectivity index (χ4n) is 9.01. The predicted molar refractivity (Wildman–Crippen MR) is 266 cm³/mol. The number of rotatable bonds is 21. The summed E-state index contributed by atoms with van der Waals surface area (Å²) in [5, 5.41) is 27.6. The molecule has 2 saturated heterocycles. The molecule has 0 unspecified atom stereocenters. The van der Waals surface area contributed by atoms with Gasteiger partial charge in [0, 0.05) is 71.8 Å². The summed E-state index contributed by atoms with van der Waals surface area (Å²) < 4.78 is 98.7. The van der Waals surface area contributed by atoms with Crippen LogP contribution in [0, 0.1) is 5.92 Å². The molecule has 0 spiro atoms. The summed E-state index contributed by atoms with van der Waals surface area (Å²) in [5.74, 6) is -0.731. The Kier molecular flexibility index (Phi) is 17.8. The van der Waals surface area contributed by atoms with Crippen molar-refractivity contribution >= 4 is 60.5 Å². The van der Waals surface area contributed by atoms with E-state index in [0.29, 0.717) is 75.2 Å². The van der Waals surface area contributed by atoms with Gasteiger partial charge in [0.05, 0.1) is 16.7 Å². The number of carbonyl (C=O) groups is 1. The van der Waals surface area contributed by atoms with E-state index in [4.69, 9.17) is 16.7 Å². The molecule has 0 bridgehead atoms. The van der Waals surface area contributed by atoms with E-state index in [-0.39, 0.29) is 24.1 Å². The zero-order valence-corrected chi connectivity index (χ0v) is 41.0. The number of aliphatic hydroxyl groups excluding tert-OH is 2. The van der Waals surface area contributed by atoms with Crippen molar-refractivity contribution in [3.8, 4) is 11.1 Å². The minimum atomic E-state index is -6.10. The van der Waals surface area contributed by atoms with E-state index in [1.54, 1.807) is 12.1 Å². The topological polar surface area (TPSA) is 168 Å². The van der Waals surface area contributed by atoms with E-state index in [2.05, 4.69) is 20.4 Å². The molecule has 7 rings (SSSR count). The molecular weight excluding hydrogens is 971 g/mol. The Labute approximate surface area is 411 Å². The van der Waals surface area contributed by atoms with Crippen molar-refractivity contribution in [2.45, 2.75) is 76.9 Å². The number of amides is 1. The van der Waals surface area contributed by atoms with Gasteiger partial charge in [-0.25, -0.2) is 21.6 Å². The number of hydrogen-bond donors (Lipinski definition) is 5. The standard InChI is InChI=1S/C50H57ClF3N5O7S3/c51-38-17-13-35(14-18-38)44-11-4-5-12-45(44)48(61)36-23-28-59(29-24-36)40-19-15-37(16-20-40)49(62)57-69(65,66)43-21-22-46(47(33-43)68(63,64)50(52,53)54)56-39(34-67-42-9-2-1-3-10-42)32-41-8-6-27-58(41)30-26-55-25-7-31-60/h1-5,9-22,33,36,39,41,48,55-56,60-61H,6-8,23-32,34H2,(H,57,62)/t39-,41+,48-/m1/s1. The second kappa shape index (κ2) is 23.5. The predicted octanol–water partition coefficient (Wildman–Crippen LogP) is 8.77. The average Bonchev–Trinajstić information content (AvgIpc) is 3.79. The first kappa shape index (κ1) is 52.2. The van der Waals surface area contributed by atoms with Gasteiger partial charge in [-0.15, -0.1) is 11.8 Å². The molecule has 370 valence electrons. The highest BCUT2D eigenvalue weighted by atomic mass is 35.5. The molecule has 0 saturated carbocycles. The maximum Gasteiger partial charge on any atom is 0.501 e. The van der Waals surface area contributed by atoms with Crippen molar-refractivity contribution in [2.24, 2.45) is 5.92 Å². The van der Waals surface area contributed by atoms with Crippen LogP contribution in [0.2, 0.25) is 5.02 Å². The maximum atomic E-state index is 14.3. The molecule has 0 radical (unpaired) electrons. The fourth-order valence-corrected chi connectivity index (χ4v) is 12.1. The van der Waals surface area contributed by atoms with Crippen molar-refractivity contribution in [3.05, 3.63) is 137 Å². The number of thioether (sulfide) groups is 1. The number of anilines is 2. The van der Waals surface area contributed by atoms with E-state index in [9.17, 15) is 39.9 Å². The number of carbonyl (C=O) groups excluding carboxylic acids is 1. The number of hydrogen-bond acceptors (Lipinski definition) is 12. The van der Waals surface area contributed by atoms with Crippen LogP contribution in [0.1, 0.15) is 60.6 Å². The summed E-state index contributed by atoms with van der Waals surface area (Å²) in [6.45, 7) is 4.14. The van der Waals surface area contributed by atoms with E-state index < -0.39 is 58.9 Å². The molecular formula is C50H57ClF3N5O7S3. The second-order valence-corrected chi connectivity index (χ2v) is 22.4. The van der Waals surface area contributed by atoms with Gasteiger partial charge in [0.1, 0.15) is 4.90 Å². The number of sulfone groups is 1. The second-order valence-electron chi connectivity index (χ2n) is 17.3. The lowest BCUT2D eigenvalue weighted by Crippen LogP contribution is -2.40. The molecule has 0 aromatic heterocycles. The number of nitrogens with zero attached hydrogens (tertiary/aromatic N) is 2. The van der Waals surface area contributed by atoms with Gasteiger partial charge in [-0.05, 0) is 141 Å². The molecule has 5 aromatic rings. The molecule has 2 aliphatic heterocycles. The van der Waals surface area contributed by atoms with Gasteiger partial charge >= 0.3 is 5.51 Å². The summed E-state index contributed by atoms with van der Waals surface area (Å²) in [4.78, 5) is 16.6. The maximum absolute atomic E-state index is 14.3. The average molecular weight is 1030 g/mol. The van der Waals surface area contributed by atoms with Crippen LogP contribution in [0.4, 0.5) is 24.5 Å². The highest BCUT2D eigenvalue weighted by molar-refractivity contribution is 7.99. The van der Waals surface area contributed by atoms with Gasteiger partial charge in [-0.1, -0.05) is 66.2 Å². The summed E-state index contributed by atoms with van der Waals surface area (Å²) in [6, 6.07) is 32.7. The minimum Gasteiger partial charge on any atom is -0.396 e. The van der Waals surface area contributed by atoms with Crippen LogP contribution >= 0.6 is 23.4 Å². The third kappa shape index (κ3) is 13.4. The van der Waals surface area contributed by atoms with Gasteiger partial charge < -0.3 is 25.7 Å². The lowest BCUT2D eigenvalue weighted by atomic mass is 9.84. The first-order valence-corrected chi connectivity index (χ1v) is 27.3. The van der Waals surface area contributed by atoms with Gasteiger partial charge in [0.25, 0.3) is 25.8 Å². The molecule has 2 aliphatic rings. The molecule has 19 heteroatoms. The Balaban J connectivity index is 1.03.